The molecule has 0 amide bonds. The molecule has 1 nitrogen and oxygen atoms in total. The maximum absolute atomic E-state index is 3.67. The number of hydrogen-bond acceptors (Lipinski definition) is 1. The second-order valence-electron chi connectivity index (χ2n) is 7.12. The maximum Gasteiger partial charge on any atom is 0.0246 e. The lowest BCUT2D eigenvalue weighted by atomic mass is 9.96. The maximum atomic E-state index is 3.67. The molecule has 1 heteroatoms. The van der Waals surface area contributed by atoms with Gasteiger partial charge in [-0.05, 0) is 51.5 Å². The summed E-state index contributed by atoms with van der Waals surface area (Å²) in [6.45, 7) is 14.6. The van der Waals surface area contributed by atoms with Crippen molar-refractivity contribution < 1.29 is 0 Å². The summed E-state index contributed by atoms with van der Waals surface area (Å²) in [5, 5.41) is 3.67. The molecular weight excluding hydrogens is 206 g/mol. The second kappa shape index (κ2) is 5.44. The van der Waals surface area contributed by atoms with Crippen LogP contribution < -0.4 is 5.32 Å². The van der Waals surface area contributed by atoms with Crippen molar-refractivity contribution >= 4 is 0 Å². The van der Waals surface area contributed by atoms with Crippen molar-refractivity contribution in [3.8, 4) is 11.8 Å². The van der Waals surface area contributed by atoms with Gasteiger partial charge in [0.2, 0.25) is 0 Å². The Hall–Kier alpha value is -0.480. The standard InChI is InChI=1S/C16H29N/c1-7-11-17-14(13-12-16(13,5)6)9-8-10-15(2,3)4/h13-14,17H,7,9,11-12H2,1-6H3. The van der Waals surface area contributed by atoms with Crippen LogP contribution >= 0.6 is 0 Å². The first-order chi connectivity index (χ1) is 7.76. The molecule has 1 rings (SSSR count). The van der Waals surface area contributed by atoms with E-state index in [4.69, 9.17) is 0 Å². The molecule has 98 valence electrons. The molecule has 1 N–H and O–H groups in total. The average molecular weight is 235 g/mol. The van der Waals surface area contributed by atoms with E-state index in [0.717, 1.165) is 18.9 Å². The van der Waals surface area contributed by atoms with Crippen LogP contribution in [0.2, 0.25) is 0 Å². The molecule has 1 aliphatic carbocycles. The van der Waals surface area contributed by atoms with Crippen molar-refractivity contribution in [2.75, 3.05) is 6.54 Å². The first-order valence-electron chi connectivity index (χ1n) is 6.99. The van der Waals surface area contributed by atoms with Crippen LogP contribution in [0.15, 0.2) is 0 Å². The molecule has 2 atom stereocenters. The van der Waals surface area contributed by atoms with Crippen molar-refractivity contribution in [1.82, 2.24) is 5.32 Å². The van der Waals surface area contributed by atoms with Gasteiger partial charge in [0.15, 0.2) is 0 Å². The van der Waals surface area contributed by atoms with Crippen molar-refractivity contribution in [2.24, 2.45) is 16.7 Å². The SMILES string of the molecule is CCCNC(CC#CC(C)(C)C)C1CC1(C)C. The van der Waals surface area contributed by atoms with Gasteiger partial charge in [-0.15, -0.1) is 5.92 Å². The molecule has 17 heavy (non-hydrogen) atoms. The van der Waals surface area contributed by atoms with Crippen LogP contribution in [0, 0.1) is 28.6 Å². The van der Waals surface area contributed by atoms with Crippen LogP contribution in [0.5, 0.6) is 0 Å². The molecule has 2 unspecified atom stereocenters. The Bertz CT molecular complexity index is 298. The first kappa shape index (κ1) is 14.6. The van der Waals surface area contributed by atoms with E-state index in [1.807, 2.05) is 0 Å². The lowest BCUT2D eigenvalue weighted by Gasteiger charge is -2.18. The predicted molar refractivity (Wildman–Crippen MR) is 75.8 cm³/mol. The summed E-state index contributed by atoms with van der Waals surface area (Å²) in [7, 11) is 0. The summed E-state index contributed by atoms with van der Waals surface area (Å²) in [6.07, 6.45) is 3.56. The van der Waals surface area contributed by atoms with E-state index in [-0.39, 0.29) is 5.41 Å². The van der Waals surface area contributed by atoms with E-state index in [1.54, 1.807) is 0 Å². The van der Waals surface area contributed by atoms with Crippen molar-refractivity contribution in [3.05, 3.63) is 0 Å². The van der Waals surface area contributed by atoms with E-state index in [2.05, 4.69) is 58.7 Å². The number of hydrogen-bond donors (Lipinski definition) is 1. The molecule has 0 bridgehead atoms. The zero-order valence-corrected chi connectivity index (χ0v) is 12.5. The van der Waals surface area contributed by atoms with Crippen LogP contribution in [0.25, 0.3) is 0 Å². The molecule has 0 aromatic carbocycles. The molecule has 1 saturated carbocycles. The zero-order chi connectivity index (χ0) is 13.1. The smallest absolute Gasteiger partial charge is 0.0246 e. The van der Waals surface area contributed by atoms with Gasteiger partial charge in [0.1, 0.15) is 0 Å². The van der Waals surface area contributed by atoms with Crippen molar-refractivity contribution in [1.29, 1.82) is 0 Å². The van der Waals surface area contributed by atoms with Gasteiger partial charge in [0.25, 0.3) is 0 Å². The predicted octanol–water partition coefficient (Wildman–Crippen LogP) is 3.84. The molecule has 1 aliphatic rings. The topological polar surface area (TPSA) is 12.0 Å². The second-order valence-corrected chi connectivity index (χ2v) is 7.12. The largest absolute Gasteiger partial charge is 0.313 e. The minimum Gasteiger partial charge on any atom is -0.313 e. The van der Waals surface area contributed by atoms with E-state index >= 15 is 0 Å². The van der Waals surface area contributed by atoms with Gasteiger partial charge in [0.05, 0.1) is 0 Å². The van der Waals surface area contributed by atoms with E-state index in [1.165, 1.54) is 12.8 Å². The van der Waals surface area contributed by atoms with Gasteiger partial charge in [-0.25, -0.2) is 0 Å². The summed E-state index contributed by atoms with van der Waals surface area (Å²) >= 11 is 0. The normalized spacial score (nSPS) is 23.8. The third-order valence-corrected chi connectivity index (χ3v) is 3.52. The van der Waals surface area contributed by atoms with Crippen LogP contribution in [-0.2, 0) is 0 Å². The highest BCUT2D eigenvalue weighted by molar-refractivity contribution is 5.12. The molecule has 0 aromatic heterocycles. The van der Waals surface area contributed by atoms with Crippen LogP contribution in [-0.4, -0.2) is 12.6 Å². The lowest BCUT2D eigenvalue weighted by molar-refractivity contribution is 0.410. The monoisotopic (exact) mass is 235 g/mol. The van der Waals surface area contributed by atoms with Crippen molar-refractivity contribution in [2.45, 2.75) is 66.8 Å². The Morgan fingerprint density at radius 2 is 1.94 bits per heavy atom. The van der Waals surface area contributed by atoms with Gasteiger partial charge in [-0.2, -0.15) is 0 Å². The molecule has 0 aromatic rings. The summed E-state index contributed by atoms with van der Waals surface area (Å²) in [5.41, 5.74) is 0.670. The van der Waals surface area contributed by atoms with E-state index < -0.39 is 0 Å². The Labute approximate surface area is 108 Å². The average Bonchev–Trinajstić information content (AvgIpc) is 2.79. The highest BCUT2D eigenvalue weighted by Crippen LogP contribution is 2.54. The Kier molecular flexibility index (Phi) is 4.67. The zero-order valence-electron chi connectivity index (χ0n) is 12.5. The third-order valence-electron chi connectivity index (χ3n) is 3.52. The Balaban J connectivity index is 2.50. The van der Waals surface area contributed by atoms with E-state index in [9.17, 15) is 0 Å². The third kappa shape index (κ3) is 5.13. The fourth-order valence-electron chi connectivity index (χ4n) is 2.31. The highest BCUT2D eigenvalue weighted by atomic mass is 14.9. The van der Waals surface area contributed by atoms with Gasteiger partial charge < -0.3 is 5.32 Å². The number of rotatable bonds is 5. The van der Waals surface area contributed by atoms with Gasteiger partial charge in [-0.1, -0.05) is 26.7 Å². The van der Waals surface area contributed by atoms with Crippen molar-refractivity contribution in [3.63, 3.8) is 0 Å². The lowest BCUT2D eigenvalue weighted by Crippen LogP contribution is -2.32. The first-order valence-corrected chi connectivity index (χ1v) is 6.99. The summed E-state index contributed by atoms with van der Waals surface area (Å²) in [6, 6.07) is 0.597. The Morgan fingerprint density at radius 1 is 1.35 bits per heavy atom. The summed E-state index contributed by atoms with van der Waals surface area (Å²) < 4.78 is 0. The highest BCUT2D eigenvalue weighted by Gasteiger charge is 2.49. The minimum absolute atomic E-state index is 0.133. The molecule has 0 spiro atoms. The minimum atomic E-state index is 0.133. The molecule has 1 fully saturated rings. The Morgan fingerprint density at radius 3 is 2.35 bits per heavy atom. The molecule has 0 aliphatic heterocycles. The fraction of sp³-hybridized carbons (Fsp3) is 0.875. The fourth-order valence-corrected chi connectivity index (χ4v) is 2.31. The summed E-state index contributed by atoms with van der Waals surface area (Å²) in [5.74, 6) is 7.55. The van der Waals surface area contributed by atoms with Crippen LogP contribution in [0.3, 0.4) is 0 Å². The number of nitrogens with one attached hydrogen (secondary N) is 1. The molecule has 0 radical (unpaired) electrons. The molecular formula is C16H29N. The van der Waals surface area contributed by atoms with E-state index in [0.29, 0.717) is 11.5 Å². The molecule has 0 saturated heterocycles. The van der Waals surface area contributed by atoms with Gasteiger partial charge in [-0.3, -0.25) is 0 Å². The van der Waals surface area contributed by atoms with Gasteiger partial charge >= 0.3 is 0 Å². The molecule has 0 heterocycles. The summed E-state index contributed by atoms with van der Waals surface area (Å²) in [4.78, 5) is 0. The van der Waals surface area contributed by atoms with Gasteiger partial charge in [0, 0.05) is 17.9 Å². The van der Waals surface area contributed by atoms with Crippen LogP contribution in [0.4, 0.5) is 0 Å². The quantitative estimate of drug-likeness (QED) is 0.714. The van der Waals surface area contributed by atoms with Crippen LogP contribution in [0.1, 0.15) is 60.8 Å².